The highest BCUT2D eigenvalue weighted by atomic mass is 14.5. The fourth-order valence-corrected chi connectivity index (χ4v) is 4.61. The first-order valence-electron chi connectivity index (χ1n) is 9.50. The summed E-state index contributed by atoms with van der Waals surface area (Å²) in [5, 5.41) is 0. The van der Waals surface area contributed by atoms with E-state index in [2.05, 4.69) is 111 Å². The lowest BCUT2D eigenvalue weighted by molar-refractivity contribution is 0.732. The molecule has 2 aromatic carbocycles. The third-order valence-electron chi connectivity index (χ3n) is 5.63. The highest BCUT2D eigenvalue weighted by Crippen LogP contribution is 2.58. The molecule has 2 atom stereocenters. The maximum atomic E-state index is 3.88. The van der Waals surface area contributed by atoms with Crippen molar-refractivity contribution in [2.45, 2.75) is 18.3 Å². The number of rotatable bonds is 4. The van der Waals surface area contributed by atoms with E-state index in [1.807, 2.05) is 12.2 Å². The molecule has 0 heterocycles. The van der Waals surface area contributed by atoms with Crippen molar-refractivity contribution in [3.8, 4) is 0 Å². The minimum atomic E-state index is -0.296. The molecule has 2 unspecified atom stereocenters. The molecule has 4 rings (SSSR count). The van der Waals surface area contributed by atoms with Crippen molar-refractivity contribution in [2.75, 3.05) is 0 Å². The summed E-state index contributed by atoms with van der Waals surface area (Å²) in [6.07, 6.45) is 19.4. The summed E-state index contributed by atoms with van der Waals surface area (Å²) in [6, 6.07) is 19.8. The monoisotopic (exact) mass is 348 g/mol. The lowest BCUT2D eigenvalue weighted by Crippen LogP contribution is -2.29. The second-order valence-electron chi connectivity index (χ2n) is 6.91. The van der Waals surface area contributed by atoms with Gasteiger partial charge in [0.1, 0.15) is 0 Å². The molecule has 0 saturated heterocycles. The molecule has 0 N–H and O–H groups in total. The van der Waals surface area contributed by atoms with E-state index in [0.29, 0.717) is 0 Å². The normalized spacial score (nSPS) is 23.7. The summed E-state index contributed by atoms with van der Waals surface area (Å²) < 4.78 is 0. The van der Waals surface area contributed by atoms with Crippen LogP contribution in [0.15, 0.2) is 127 Å². The van der Waals surface area contributed by atoms with Crippen molar-refractivity contribution in [3.63, 3.8) is 0 Å². The highest BCUT2D eigenvalue weighted by molar-refractivity contribution is 5.71. The average molecular weight is 348 g/mol. The maximum absolute atomic E-state index is 3.88. The van der Waals surface area contributed by atoms with Gasteiger partial charge in [-0.3, -0.25) is 0 Å². The van der Waals surface area contributed by atoms with Crippen LogP contribution in [0.2, 0.25) is 0 Å². The Morgan fingerprint density at radius 1 is 0.963 bits per heavy atom. The van der Waals surface area contributed by atoms with Crippen molar-refractivity contribution < 1.29 is 0 Å². The van der Waals surface area contributed by atoms with Crippen LogP contribution in [-0.4, -0.2) is 0 Å². The molecule has 0 heteroatoms. The van der Waals surface area contributed by atoms with Crippen molar-refractivity contribution in [3.05, 3.63) is 144 Å². The van der Waals surface area contributed by atoms with E-state index in [4.69, 9.17) is 0 Å². The van der Waals surface area contributed by atoms with Gasteiger partial charge in [0.05, 0.1) is 5.41 Å². The van der Waals surface area contributed by atoms with Gasteiger partial charge in [0.2, 0.25) is 0 Å². The van der Waals surface area contributed by atoms with Crippen molar-refractivity contribution in [1.82, 2.24) is 0 Å². The molecule has 0 amide bonds. The zero-order valence-electron chi connectivity index (χ0n) is 15.7. The van der Waals surface area contributed by atoms with Crippen LogP contribution in [0.3, 0.4) is 0 Å². The second-order valence-corrected chi connectivity index (χ2v) is 6.91. The van der Waals surface area contributed by atoms with E-state index < -0.39 is 0 Å². The van der Waals surface area contributed by atoms with Crippen LogP contribution >= 0.6 is 0 Å². The van der Waals surface area contributed by atoms with Crippen LogP contribution in [0.4, 0.5) is 0 Å². The quantitative estimate of drug-likeness (QED) is 0.532. The van der Waals surface area contributed by atoms with Gasteiger partial charge in [0.25, 0.3) is 0 Å². The van der Waals surface area contributed by atoms with Crippen LogP contribution in [0.5, 0.6) is 0 Å². The Morgan fingerprint density at radius 3 is 2.52 bits per heavy atom. The van der Waals surface area contributed by atoms with E-state index in [9.17, 15) is 0 Å². The largest absolute Gasteiger partial charge is 0.0991 e. The molecule has 2 aliphatic carbocycles. The van der Waals surface area contributed by atoms with Crippen LogP contribution in [-0.2, 0) is 5.41 Å². The zero-order valence-corrected chi connectivity index (χ0v) is 15.7. The lowest BCUT2D eigenvalue weighted by atomic mass is 9.66. The van der Waals surface area contributed by atoms with Crippen molar-refractivity contribution in [2.24, 2.45) is 0 Å². The van der Waals surface area contributed by atoms with Crippen LogP contribution in [0.1, 0.15) is 29.5 Å². The molecule has 0 nitrogen and oxygen atoms in total. The molecule has 0 bridgehead atoms. The second kappa shape index (κ2) is 7.25. The summed E-state index contributed by atoms with van der Waals surface area (Å²) in [5.74, 6) is 0.281. The van der Waals surface area contributed by atoms with E-state index >= 15 is 0 Å². The van der Waals surface area contributed by atoms with Gasteiger partial charge in [-0.15, -0.1) is 0 Å². The molecule has 2 aliphatic rings. The maximum Gasteiger partial charge on any atom is 0.0673 e. The predicted octanol–water partition coefficient (Wildman–Crippen LogP) is 6.81. The van der Waals surface area contributed by atoms with Gasteiger partial charge >= 0.3 is 0 Å². The molecule has 0 aliphatic heterocycles. The number of benzene rings is 2. The van der Waals surface area contributed by atoms with Gasteiger partial charge in [-0.05, 0) is 34.8 Å². The van der Waals surface area contributed by atoms with Crippen LogP contribution < -0.4 is 0 Å². The van der Waals surface area contributed by atoms with E-state index in [1.165, 1.54) is 27.8 Å². The number of fused-ring (bicyclic) bond motifs is 3. The number of hydrogen-bond donors (Lipinski definition) is 0. The molecular formula is C27H24. The fraction of sp³-hybridized carbons (Fsp3) is 0.111. The Kier molecular flexibility index (Phi) is 4.64. The fourth-order valence-electron chi connectivity index (χ4n) is 4.61. The molecule has 132 valence electrons. The Labute approximate surface area is 162 Å². The first-order valence-corrected chi connectivity index (χ1v) is 9.50. The van der Waals surface area contributed by atoms with E-state index in [1.54, 1.807) is 0 Å². The summed E-state index contributed by atoms with van der Waals surface area (Å²) in [4.78, 5) is 0. The van der Waals surface area contributed by atoms with Crippen LogP contribution in [0, 0.1) is 0 Å². The van der Waals surface area contributed by atoms with Gasteiger partial charge in [-0.2, -0.15) is 0 Å². The minimum absolute atomic E-state index is 0.281. The van der Waals surface area contributed by atoms with E-state index in [0.717, 1.165) is 0 Å². The summed E-state index contributed by atoms with van der Waals surface area (Å²) in [6.45, 7) is 6.01. The Bertz CT molecular complexity index is 995. The molecule has 0 aromatic heterocycles. The van der Waals surface area contributed by atoms with Gasteiger partial charge in [-0.25, -0.2) is 0 Å². The van der Waals surface area contributed by atoms with E-state index in [-0.39, 0.29) is 11.3 Å². The molecule has 2 aromatic rings. The molecule has 0 saturated carbocycles. The summed E-state index contributed by atoms with van der Waals surface area (Å²) >= 11 is 0. The first-order chi connectivity index (χ1) is 13.3. The highest BCUT2D eigenvalue weighted by Gasteiger charge is 2.49. The molecule has 27 heavy (non-hydrogen) atoms. The topological polar surface area (TPSA) is 0 Å². The zero-order chi connectivity index (χ0) is 18.7. The summed E-state index contributed by atoms with van der Waals surface area (Å²) in [5.41, 5.74) is 6.44. The average Bonchev–Trinajstić information content (AvgIpc) is 2.86. The standard InChI is InChI=1S/C27H24/c1-3-5-14-21(4-2)27(22-15-8-6-9-16-22)25-19-11-7-10-17-23(25)24-18-12-13-20-26(24)27/h3-20,23H,1H2,2H3/b14-5-,21-4+. The van der Waals surface area contributed by atoms with Gasteiger partial charge in [-0.1, -0.05) is 116 Å². The third-order valence-corrected chi connectivity index (χ3v) is 5.63. The Hall–Kier alpha value is -3.12. The lowest BCUT2D eigenvalue weighted by Gasteiger charge is -2.35. The third kappa shape index (κ3) is 2.61. The summed E-state index contributed by atoms with van der Waals surface area (Å²) in [7, 11) is 0. The smallest absolute Gasteiger partial charge is 0.0673 e. The Balaban J connectivity index is 2.13. The number of hydrogen-bond acceptors (Lipinski definition) is 0. The van der Waals surface area contributed by atoms with Crippen LogP contribution in [0.25, 0.3) is 0 Å². The molecular weight excluding hydrogens is 324 g/mol. The van der Waals surface area contributed by atoms with Crippen molar-refractivity contribution >= 4 is 0 Å². The minimum Gasteiger partial charge on any atom is -0.0991 e. The van der Waals surface area contributed by atoms with Gasteiger partial charge in [0, 0.05) is 5.92 Å². The first kappa shape index (κ1) is 17.3. The number of allylic oxidation sites excluding steroid dienone is 11. The van der Waals surface area contributed by atoms with Gasteiger partial charge < -0.3 is 0 Å². The Morgan fingerprint density at radius 2 is 1.74 bits per heavy atom. The molecule has 0 fully saturated rings. The SMILES string of the molecule is C=C/C=C\C(=C/C)C1(c2ccccc2)C2=CC=CC=CC2c2ccccc21. The van der Waals surface area contributed by atoms with Gasteiger partial charge in [0.15, 0.2) is 0 Å². The van der Waals surface area contributed by atoms with Crippen molar-refractivity contribution in [1.29, 1.82) is 0 Å². The molecule has 0 radical (unpaired) electrons. The predicted molar refractivity (Wildman–Crippen MR) is 116 cm³/mol. The molecule has 0 spiro atoms.